The van der Waals surface area contributed by atoms with E-state index in [1.54, 1.807) is 24.3 Å². The van der Waals surface area contributed by atoms with Crippen LogP contribution in [-0.4, -0.2) is 39.7 Å². The van der Waals surface area contributed by atoms with Gasteiger partial charge in [-0.25, -0.2) is 0 Å². The van der Waals surface area contributed by atoms with E-state index in [-0.39, 0.29) is 17.5 Å². The van der Waals surface area contributed by atoms with Crippen molar-refractivity contribution in [2.45, 2.75) is 56.5 Å². The molecule has 164 valence electrons. The van der Waals surface area contributed by atoms with Gasteiger partial charge in [-0.2, -0.15) is 22.0 Å². The van der Waals surface area contributed by atoms with E-state index in [9.17, 15) is 37.3 Å². The second kappa shape index (κ2) is 8.22. The number of rotatable bonds is 4. The third kappa shape index (κ3) is 4.34. The summed E-state index contributed by atoms with van der Waals surface area (Å²) in [6.07, 6.45) is -13.1. The van der Waals surface area contributed by atoms with Gasteiger partial charge in [-0.05, 0) is 41.2 Å². The van der Waals surface area contributed by atoms with Gasteiger partial charge in [0.1, 0.15) is 12.2 Å². The number of aryl methyl sites for hydroxylation is 1. The van der Waals surface area contributed by atoms with Gasteiger partial charge in [0.05, 0.1) is 5.56 Å². The molecule has 0 radical (unpaired) electrons. The Bertz CT molecular complexity index is 882. The zero-order chi connectivity index (χ0) is 22.3. The minimum Gasteiger partial charge on any atom is -0.387 e. The average molecular weight is 432 g/mol. The maximum atomic E-state index is 13.6. The number of aliphatic hydroxyl groups excluding tert-OH is 3. The average Bonchev–Trinajstić information content (AvgIpc) is 2.69. The van der Waals surface area contributed by atoms with Crippen LogP contribution < -0.4 is 0 Å². The first-order valence-corrected chi connectivity index (χ1v) is 9.30. The van der Waals surface area contributed by atoms with Crippen molar-refractivity contribution in [2.75, 3.05) is 0 Å². The Labute approximate surface area is 169 Å². The van der Waals surface area contributed by atoms with E-state index >= 15 is 0 Å². The van der Waals surface area contributed by atoms with Crippen LogP contribution in [0.5, 0.6) is 0 Å². The van der Waals surface area contributed by atoms with E-state index in [1.807, 2.05) is 6.92 Å². The molecule has 2 aromatic carbocycles. The number of benzene rings is 2. The fraction of sp³-hybridized carbons (Fsp3) is 0.429. The van der Waals surface area contributed by atoms with E-state index in [1.165, 1.54) is 0 Å². The van der Waals surface area contributed by atoms with Gasteiger partial charge >= 0.3 is 12.1 Å². The Morgan fingerprint density at radius 2 is 1.57 bits per heavy atom. The zero-order valence-electron chi connectivity index (χ0n) is 15.9. The lowest BCUT2D eigenvalue weighted by molar-refractivity contribution is -0.345. The van der Waals surface area contributed by atoms with Crippen LogP contribution in [0.1, 0.15) is 40.8 Å². The molecule has 0 bridgehead atoms. The first kappa shape index (κ1) is 22.6. The highest BCUT2D eigenvalue weighted by Crippen LogP contribution is 2.41. The summed E-state index contributed by atoms with van der Waals surface area (Å²) in [6.45, 7) is 1.95. The molecular formula is C21H21F5O4. The normalized spacial score (nSPS) is 26.6. The molecule has 9 heteroatoms. The zero-order valence-corrected chi connectivity index (χ0v) is 15.9. The van der Waals surface area contributed by atoms with Crippen molar-refractivity contribution in [1.82, 2.24) is 0 Å². The SMILES string of the molecule is CCc1ccc(Cc2cc([C@@H]3O[C@H](O)C(F)(F)[C@H](O)[C@H]3O)ccc2C(F)(F)F)cc1. The lowest BCUT2D eigenvalue weighted by Gasteiger charge is -2.40. The minimum absolute atomic E-state index is 0.0655. The van der Waals surface area contributed by atoms with Gasteiger partial charge in [-0.3, -0.25) is 0 Å². The van der Waals surface area contributed by atoms with Crippen LogP contribution in [0, 0.1) is 0 Å². The first-order chi connectivity index (χ1) is 13.9. The molecule has 1 aliphatic heterocycles. The fourth-order valence-corrected chi connectivity index (χ4v) is 3.45. The molecule has 0 saturated carbocycles. The summed E-state index contributed by atoms with van der Waals surface area (Å²) in [5.74, 6) is -4.12. The summed E-state index contributed by atoms with van der Waals surface area (Å²) < 4.78 is 72.5. The van der Waals surface area contributed by atoms with Gasteiger partial charge in [0.25, 0.3) is 0 Å². The van der Waals surface area contributed by atoms with Crippen molar-refractivity contribution in [2.24, 2.45) is 0 Å². The molecule has 4 atom stereocenters. The molecule has 0 spiro atoms. The van der Waals surface area contributed by atoms with Crippen LogP contribution in [0.15, 0.2) is 42.5 Å². The first-order valence-electron chi connectivity index (χ1n) is 9.30. The third-order valence-corrected chi connectivity index (χ3v) is 5.22. The van der Waals surface area contributed by atoms with Crippen molar-refractivity contribution in [3.8, 4) is 0 Å². The van der Waals surface area contributed by atoms with E-state index in [0.717, 1.165) is 30.2 Å². The van der Waals surface area contributed by atoms with Crippen molar-refractivity contribution in [3.63, 3.8) is 0 Å². The van der Waals surface area contributed by atoms with Gasteiger partial charge in [-0.15, -0.1) is 0 Å². The van der Waals surface area contributed by atoms with Crippen molar-refractivity contribution in [1.29, 1.82) is 0 Å². The number of hydrogen-bond donors (Lipinski definition) is 3. The number of hydrogen-bond acceptors (Lipinski definition) is 4. The van der Waals surface area contributed by atoms with Crippen LogP contribution in [0.4, 0.5) is 22.0 Å². The summed E-state index contributed by atoms with van der Waals surface area (Å²) in [6, 6.07) is 9.84. The maximum absolute atomic E-state index is 13.6. The molecule has 1 saturated heterocycles. The fourth-order valence-electron chi connectivity index (χ4n) is 3.45. The van der Waals surface area contributed by atoms with Crippen LogP contribution in [0.3, 0.4) is 0 Å². The van der Waals surface area contributed by atoms with Gasteiger partial charge in [0.2, 0.25) is 6.29 Å². The van der Waals surface area contributed by atoms with E-state index in [0.29, 0.717) is 5.56 Å². The summed E-state index contributed by atoms with van der Waals surface area (Å²) >= 11 is 0. The predicted molar refractivity (Wildman–Crippen MR) is 96.9 cm³/mol. The molecule has 0 amide bonds. The van der Waals surface area contributed by atoms with Crippen LogP contribution in [-0.2, 0) is 23.8 Å². The van der Waals surface area contributed by atoms with Crippen LogP contribution >= 0.6 is 0 Å². The van der Waals surface area contributed by atoms with Crippen LogP contribution in [0.2, 0.25) is 0 Å². The molecule has 4 nitrogen and oxygen atoms in total. The highest BCUT2D eigenvalue weighted by Gasteiger charge is 2.57. The van der Waals surface area contributed by atoms with Crippen molar-refractivity contribution >= 4 is 0 Å². The molecule has 3 N–H and O–H groups in total. The molecule has 1 aliphatic rings. The van der Waals surface area contributed by atoms with Crippen molar-refractivity contribution in [3.05, 3.63) is 70.3 Å². The second-order valence-electron chi connectivity index (χ2n) is 7.28. The minimum atomic E-state index is -4.66. The highest BCUT2D eigenvalue weighted by atomic mass is 19.4. The monoisotopic (exact) mass is 432 g/mol. The summed E-state index contributed by atoms with van der Waals surface area (Å²) in [7, 11) is 0. The lowest BCUT2D eigenvalue weighted by atomic mass is 9.89. The molecular weight excluding hydrogens is 411 g/mol. The Morgan fingerprint density at radius 3 is 2.13 bits per heavy atom. The number of halogens is 5. The largest absolute Gasteiger partial charge is 0.416 e. The molecule has 0 aromatic heterocycles. The highest BCUT2D eigenvalue weighted by molar-refractivity contribution is 5.39. The van der Waals surface area contributed by atoms with Crippen LogP contribution in [0.25, 0.3) is 0 Å². The number of alkyl halides is 5. The molecule has 2 aromatic rings. The van der Waals surface area contributed by atoms with Crippen molar-refractivity contribution < 1.29 is 42.0 Å². The smallest absolute Gasteiger partial charge is 0.387 e. The summed E-state index contributed by atoms with van der Waals surface area (Å²) in [5, 5.41) is 29.1. The predicted octanol–water partition coefficient (Wildman–Crippen LogP) is 3.61. The quantitative estimate of drug-likeness (QED) is 0.646. The molecule has 30 heavy (non-hydrogen) atoms. The standard InChI is InChI=1S/C21H21F5O4/c1-2-11-3-5-12(6-4-11)9-14-10-13(7-8-15(14)21(24,25)26)17-16(27)18(28)20(22,23)19(29)30-17/h3-8,10,16-19,27-29H,2,9H2,1H3/t16-,17-,18+,19-/m0/s1. The molecule has 0 unspecified atom stereocenters. The second-order valence-corrected chi connectivity index (χ2v) is 7.28. The Kier molecular flexibility index (Phi) is 6.20. The van der Waals surface area contributed by atoms with Gasteiger partial charge in [0, 0.05) is 0 Å². The summed E-state index contributed by atoms with van der Waals surface area (Å²) in [5.41, 5.74) is 0.492. The molecule has 3 rings (SSSR count). The summed E-state index contributed by atoms with van der Waals surface area (Å²) in [4.78, 5) is 0. The van der Waals surface area contributed by atoms with E-state index < -0.39 is 42.3 Å². The van der Waals surface area contributed by atoms with Gasteiger partial charge in [-0.1, -0.05) is 43.3 Å². The topological polar surface area (TPSA) is 69.9 Å². The molecule has 0 aliphatic carbocycles. The van der Waals surface area contributed by atoms with Gasteiger partial charge < -0.3 is 20.1 Å². The Balaban J connectivity index is 1.98. The number of ether oxygens (including phenoxy) is 1. The van der Waals surface area contributed by atoms with E-state index in [4.69, 9.17) is 4.74 Å². The van der Waals surface area contributed by atoms with E-state index in [2.05, 4.69) is 0 Å². The molecule has 1 fully saturated rings. The Morgan fingerprint density at radius 1 is 0.967 bits per heavy atom. The third-order valence-electron chi connectivity index (χ3n) is 5.22. The Hall–Kier alpha value is -2.07. The molecule has 1 heterocycles. The lowest BCUT2D eigenvalue weighted by Crippen LogP contribution is -2.58. The maximum Gasteiger partial charge on any atom is 0.416 e. The van der Waals surface area contributed by atoms with Gasteiger partial charge in [0.15, 0.2) is 6.10 Å². The number of aliphatic hydroxyl groups is 3.